The van der Waals surface area contributed by atoms with E-state index in [0.717, 1.165) is 18.2 Å². The van der Waals surface area contributed by atoms with E-state index in [-0.39, 0.29) is 17.0 Å². The number of carbonyl (C=O) groups is 1. The highest BCUT2D eigenvalue weighted by atomic mass is 32.2. The van der Waals surface area contributed by atoms with Crippen molar-refractivity contribution in [2.24, 2.45) is 4.99 Å². The third-order valence-electron chi connectivity index (χ3n) is 3.48. The molecule has 1 aliphatic rings. The molecule has 2 aromatic carbocycles. The molecule has 8 heteroatoms. The molecule has 0 spiro atoms. The molecule has 1 unspecified atom stereocenters. The first kappa shape index (κ1) is 16.6. The SMILES string of the molecule is O=C1c2cc(F)cc(F)c2N=C[SH]1Cc1ccc(C(F)(F)F)cc1. The molecule has 2 nitrogen and oxygen atoms in total. The van der Waals surface area contributed by atoms with Gasteiger partial charge in [0.1, 0.15) is 11.5 Å². The van der Waals surface area contributed by atoms with Crippen molar-refractivity contribution >= 4 is 27.2 Å². The molecule has 0 aromatic heterocycles. The summed E-state index contributed by atoms with van der Waals surface area (Å²) in [5, 5.41) is -0.451. The number of hydrogen-bond donors (Lipinski definition) is 1. The first-order chi connectivity index (χ1) is 11.3. The molecule has 2 aromatic rings. The zero-order valence-electron chi connectivity index (χ0n) is 11.9. The summed E-state index contributed by atoms with van der Waals surface area (Å²) in [6.45, 7) is 0. The zero-order chi connectivity index (χ0) is 17.5. The molecule has 1 atom stereocenters. The fourth-order valence-corrected chi connectivity index (χ4v) is 3.97. The van der Waals surface area contributed by atoms with Crippen LogP contribution >= 0.6 is 10.9 Å². The van der Waals surface area contributed by atoms with Crippen LogP contribution in [0.4, 0.5) is 27.6 Å². The second-order valence-electron chi connectivity index (χ2n) is 5.16. The molecule has 0 saturated carbocycles. The predicted octanol–water partition coefficient (Wildman–Crippen LogP) is 5.00. The van der Waals surface area contributed by atoms with Crippen molar-refractivity contribution in [2.45, 2.75) is 11.9 Å². The van der Waals surface area contributed by atoms with E-state index < -0.39 is 39.4 Å². The Labute approximate surface area is 136 Å². The Hall–Kier alpha value is -2.22. The van der Waals surface area contributed by atoms with Gasteiger partial charge < -0.3 is 0 Å². The van der Waals surface area contributed by atoms with E-state index in [0.29, 0.717) is 11.6 Å². The Morgan fingerprint density at radius 3 is 2.33 bits per heavy atom. The summed E-state index contributed by atoms with van der Waals surface area (Å²) in [5.74, 6) is -1.63. The van der Waals surface area contributed by atoms with E-state index in [2.05, 4.69) is 4.99 Å². The fraction of sp³-hybridized carbons (Fsp3) is 0.125. The van der Waals surface area contributed by atoms with Crippen LogP contribution in [0, 0.1) is 11.6 Å². The van der Waals surface area contributed by atoms with Crippen molar-refractivity contribution in [1.82, 2.24) is 0 Å². The lowest BCUT2D eigenvalue weighted by Crippen LogP contribution is -2.10. The van der Waals surface area contributed by atoms with Crippen molar-refractivity contribution in [3.63, 3.8) is 0 Å². The van der Waals surface area contributed by atoms with E-state index in [4.69, 9.17) is 0 Å². The number of rotatable bonds is 2. The van der Waals surface area contributed by atoms with E-state index in [9.17, 15) is 26.7 Å². The van der Waals surface area contributed by atoms with Gasteiger partial charge in [0.2, 0.25) is 5.12 Å². The molecule has 0 N–H and O–H groups in total. The first-order valence-electron chi connectivity index (χ1n) is 6.76. The number of alkyl halides is 3. The van der Waals surface area contributed by atoms with E-state index >= 15 is 0 Å². The molecule has 0 amide bonds. The molecule has 0 bridgehead atoms. The monoisotopic (exact) mass is 359 g/mol. The number of thiol groups is 1. The lowest BCUT2D eigenvalue weighted by atomic mass is 10.1. The van der Waals surface area contributed by atoms with Crippen LogP contribution in [0.3, 0.4) is 0 Å². The van der Waals surface area contributed by atoms with Crippen LogP contribution in [0.25, 0.3) is 0 Å². The Morgan fingerprint density at radius 2 is 1.71 bits per heavy atom. The average molecular weight is 359 g/mol. The number of benzene rings is 2. The Kier molecular flexibility index (Phi) is 4.16. The third kappa shape index (κ3) is 3.19. The topological polar surface area (TPSA) is 29.4 Å². The van der Waals surface area contributed by atoms with E-state index in [1.165, 1.54) is 17.7 Å². The predicted molar refractivity (Wildman–Crippen MR) is 83.0 cm³/mol. The second kappa shape index (κ2) is 6.01. The van der Waals surface area contributed by atoms with Gasteiger partial charge >= 0.3 is 6.18 Å². The van der Waals surface area contributed by atoms with E-state index in [1.54, 1.807) is 0 Å². The Balaban J connectivity index is 1.84. The standard InChI is InChI=1S/C16H10F5NOS/c17-11-5-12-14(13(18)6-11)22-8-24(15(12)23)7-9-1-3-10(4-2-9)16(19,20)21/h1-6,8,24H,7H2. The lowest BCUT2D eigenvalue weighted by molar-refractivity contribution is -0.137. The Morgan fingerprint density at radius 1 is 1.04 bits per heavy atom. The maximum Gasteiger partial charge on any atom is 0.416 e. The van der Waals surface area contributed by atoms with Gasteiger partial charge in [-0.25, -0.2) is 13.8 Å². The highest BCUT2D eigenvalue weighted by molar-refractivity contribution is 8.39. The second-order valence-corrected chi connectivity index (χ2v) is 7.05. The van der Waals surface area contributed by atoms with Gasteiger partial charge in [0.05, 0.1) is 11.1 Å². The molecule has 126 valence electrons. The van der Waals surface area contributed by atoms with Gasteiger partial charge in [-0.2, -0.15) is 13.2 Å². The molecular formula is C16H10F5NOS. The van der Waals surface area contributed by atoms with Crippen LogP contribution in [0.5, 0.6) is 0 Å². The first-order valence-corrected chi connectivity index (χ1v) is 8.35. The molecular weight excluding hydrogens is 349 g/mol. The molecule has 1 heterocycles. The van der Waals surface area contributed by atoms with Gasteiger partial charge in [-0.15, -0.1) is 10.9 Å². The highest BCUT2D eigenvalue weighted by Gasteiger charge is 2.30. The normalized spacial score (nSPS) is 18.5. The molecule has 0 aliphatic carbocycles. The summed E-state index contributed by atoms with van der Waals surface area (Å²) < 4.78 is 64.5. The molecule has 1 aliphatic heterocycles. The van der Waals surface area contributed by atoms with Gasteiger partial charge in [-0.1, -0.05) is 12.1 Å². The van der Waals surface area contributed by atoms with Gasteiger partial charge in [-0.3, -0.25) is 4.79 Å². The van der Waals surface area contributed by atoms with E-state index in [1.807, 2.05) is 0 Å². The van der Waals surface area contributed by atoms with Crippen molar-refractivity contribution in [3.8, 4) is 0 Å². The quantitative estimate of drug-likeness (QED) is 0.594. The molecule has 24 heavy (non-hydrogen) atoms. The van der Waals surface area contributed by atoms with Crippen molar-refractivity contribution in [2.75, 3.05) is 0 Å². The van der Waals surface area contributed by atoms with Crippen LogP contribution in [0.2, 0.25) is 0 Å². The third-order valence-corrected chi connectivity index (χ3v) is 5.34. The maximum absolute atomic E-state index is 13.6. The summed E-state index contributed by atoms with van der Waals surface area (Å²) >= 11 is 0. The summed E-state index contributed by atoms with van der Waals surface area (Å²) in [6.07, 6.45) is -4.43. The number of fused-ring (bicyclic) bond motifs is 1. The minimum atomic E-state index is -4.43. The van der Waals surface area contributed by atoms with Crippen LogP contribution in [-0.2, 0) is 11.9 Å². The van der Waals surface area contributed by atoms with Gasteiger partial charge in [0.25, 0.3) is 0 Å². The number of halogens is 5. The summed E-state index contributed by atoms with van der Waals surface area (Å²) in [5.41, 5.74) is 0.713. The lowest BCUT2D eigenvalue weighted by Gasteiger charge is -2.21. The Bertz CT molecular complexity index is 830. The van der Waals surface area contributed by atoms with Gasteiger partial charge in [-0.05, 0) is 23.8 Å². The molecule has 3 rings (SSSR count). The molecule has 0 fully saturated rings. The van der Waals surface area contributed by atoms with Crippen LogP contribution < -0.4 is 0 Å². The van der Waals surface area contributed by atoms with Gasteiger partial charge in [0, 0.05) is 17.4 Å². The minimum absolute atomic E-state index is 0.131. The number of aliphatic imine (C=N–C) groups is 1. The van der Waals surface area contributed by atoms with Crippen molar-refractivity contribution < 1.29 is 26.7 Å². The summed E-state index contributed by atoms with van der Waals surface area (Å²) in [6, 6.07) is 6.02. The summed E-state index contributed by atoms with van der Waals surface area (Å²) in [7, 11) is -1.50. The van der Waals surface area contributed by atoms with Crippen LogP contribution in [0.1, 0.15) is 21.5 Å². The molecule has 0 saturated heterocycles. The summed E-state index contributed by atoms with van der Waals surface area (Å²) in [4.78, 5) is 16.3. The van der Waals surface area contributed by atoms with Crippen LogP contribution in [-0.4, -0.2) is 10.7 Å². The van der Waals surface area contributed by atoms with Gasteiger partial charge in [0.15, 0.2) is 5.82 Å². The number of hydrogen-bond acceptors (Lipinski definition) is 2. The minimum Gasteiger partial charge on any atom is -0.283 e. The average Bonchev–Trinajstić information content (AvgIpc) is 2.50. The largest absolute Gasteiger partial charge is 0.416 e. The van der Waals surface area contributed by atoms with Crippen molar-refractivity contribution in [3.05, 3.63) is 64.7 Å². The fourth-order valence-electron chi connectivity index (χ4n) is 2.30. The zero-order valence-corrected chi connectivity index (χ0v) is 12.8. The number of carbonyl (C=O) groups excluding carboxylic acids is 1. The maximum atomic E-state index is 13.6. The van der Waals surface area contributed by atoms with Crippen molar-refractivity contribution in [1.29, 1.82) is 0 Å². The molecule has 0 radical (unpaired) electrons. The number of nitrogens with zero attached hydrogens (tertiary/aromatic N) is 1. The smallest absolute Gasteiger partial charge is 0.283 e. The van der Waals surface area contributed by atoms with Crippen LogP contribution in [0.15, 0.2) is 41.4 Å². The highest BCUT2D eigenvalue weighted by Crippen LogP contribution is 2.41.